The van der Waals surface area contributed by atoms with Crippen LogP contribution in [0.1, 0.15) is 0 Å². The Morgan fingerprint density at radius 3 is 2.02 bits per heavy atom. The molecule has 10 aromatic rings. The number of hydrogen-bond acceptors (Lipinski definition) is 4. The summed E-state index contributed by atoms with van der Waals surface area (Å²) in [5.41, 5.74) is 8.65. The Bertz CT molecular complexity index is 2970. The summed E-state index contributed by atoms with van der Waals surface area (Å²) >= 11 is 0. The first-order valence-electron chi connectivity index (χ1n) is 17.1. The van der Waals surface area contributed by atoms with Crippen molar-refractivity contribution < 1.29 is 4.57 Å². The van der Waals surface area contributed by atoms with Gasteiger partial charge in [0, 0.05) is 51.1 Å². The molecule has 50 heavy (non-hydrogen) atoms. The lowest BCUT2D eigenvalue weighted by Crippen LogP contribution is -2.30. The van der Waals surface area contributed by atoms with E-state index in [9.17, 15) is 0 Å². The fraction of sp³-hybridized carbons (Fsp3) is 0.0455. The highest BCUT2D eigenvalue weighted by Gasteiger charge is 2.22. The van der Waals surface area contributed by atoms with Crippen LogP contribution in [-0.4, -0.2) is 26.1 Å². The van der Waals surface area contributed by atoms with E-state index in [1.807, 2.05) is 24.5 Å². The third-order valence-electron chi connectivity index (χ3n) is 10.4. The van der Waals surface area contributed by atoms with Gasteiger partial charge in [0.2, 0.25) is 0 Å². The van der Waals surface area contributed by atoms with E-state index in [-0.39, 0.29) is 0 Å². The molecule has 0 atom stereocenters. The number of fused-ring (bicyclic) bond motifs is 9. The monoisotopic (exact) mass is 641 g/mol. The van der Waals surface area contributed by atoms with Crippen LogP contribution in [0.4, 0.5) is 5.82 Å². The molecule has 0 bridgehead atoms. The van der Waals surface area contributed by atoms with Crippen LogP contribution in [0, 0.1) is 0 Å². The van der Waals surface area contributed by atoms with Gasteiger partial charge in [-0.15, -0.1) is 0 Å². The molecule has 0 radical (unpaired) electrons. The van der Waals surface area contributed by atoms with Gasteiger partial charge in [0.15, 0.2) is 0 Å². The lowest BCUT2D eigenvalue weighted by molar-refractivity contribution is -0.670. The number of hydrogen-bond donors (Lipinski definition) is 1. The summed E-state index contributed by atoms with van der Waals surface area (Å²) in [6, 6.07) is 45.7. The molecule has 0 spiro atoms. The number of nitrogens with zero attached hydrogens (tertiary/aromatic N) is 5. The summed E-state index contributed by atoms with van der Waals surface area (Å²) in [4.78, 5) is 14.8. The van der Waals surface area contributed by atoms with Crippen molar-refractivity contribution in [2.75, 3.05) is 11.9 Å². The van der Waals surface area contributed by atoms with Crippen LogP contribution >= 0.6 is 0 Å². The molecule has 0 saturated carbocycles. The first-order chi connectivity index (χ1) is 24.8. The van der Waals surface area contributed by atoms with Crippen molar-refractivity contribution in [1.29, 1.82) is 0 Å². The van der Waals surface area contributed by atoms with E-state index in [0.717, 1.165) is 62.6 Å². The van der Waals surface area contributed by atoms with Crippen LogP contribution in [0.15, 0.2) is 146 Å². The Hall–Kier alpha value is -6.66. The quantitative estimate of drug-likeness (QED) is 0.119. The maximum Gasteiger partial charge on any atom is 0.274 e. The van der Waals surface area contributed by atoms with Crippen molar-refractivity contribution in [2.45, 2.75) is 6.54 Å². The zero-order valence-corrected chi connectivity index (χ0v) is 27.0. The van der Waals surface area contributed by atoms with Crippen molar-refractivity contribution in [2.24, 2.45) is 0 Å². The van der Waals surface area contributed by atoms with E-state index < -0.39 is 0 Å². The van der Waals surface area contributed by atoms with E-state index in [4.69, 9.17) is 15.0 Å². The molecule has 6 heterocycles. The molecule has 0 amide bonds. The molecule has 6 nitrogen and oxygen atoms in total. The van der Waals surface area contributed by atoms with Gasteiger partial charge in [0.05, 0.1) is 22.7 Å². The van der Waals surface area contributed by atoms with Crippen molar-refractivity contribution in [3.8, 4) is 28.1 Å². The summed E-state index contributed by atoms with van der Waals surface area (Å²) in [5, 5.41) is 12.8. The first kappa shape index (κ1) is 27.3. The topological polar surface area (TPSA) is 59.5 Å². The Morgan fingerprint density at radius 2 is 1.22 bits per heavy atom. The summed E-state index contributed by atoms with van der Waals surface area (Å²) < 4.78 is 4.52. The third-order valence-corrected chi connectivity index (χ3v) is 10.4. The molecule has 0 aliphatic carbocycles. The zero-order chi connectivity index (χ0) is 32.8. The van der Waals surface area contributed by atoms with E-state index in [1.165, 1.54) is 49.6 Å². The van der Waals surface area contributed by atoms with Gasteiger partial charge in [-0.3, -0.25) is 14.9 Å². The average molecular weight is 642 g/mol. The Balaban J connectivity index is 1.17. The number of rotatable bonds is 3. The number of nitrogens with one attached hydrogen (secondary N) is 1. The van der Waals surface area contributed by atoms with E-state index >= 15 is 0 Å². The Kier molecular flexibility index (Phi) is 5.69. The SMILES string of the molecule is c1cnc2c(c1)ccc1ccc(-n3c4ccc(-c5c6ccccc6c(-c6ccc7[n+](c6)CCN7)c6ccccc56)cc4c4cccnc43)nc12. The zero-order valence-electron chi connectivity index (χ0n) is 27.0. The Morgan fingerprint density at radius 1 is 0.560 bits per heavy atom. The smallest absolute Gasteiger partial charge is 0.274 e. The molecule has 1 N–H and O–H groups in total. The molecular formula is C44H29N6+. The normalized spacial score (nSPS) is 12.8. The van der Waals surface area contributed by atoms with Crippen LogP contribution in [0.3, 0.4) is 0 Å². The van der Waals surface area contributed by atoms with Gasteiger partial charge in [0.25, 0.3) is 5.82 Å². The van der Waals surface area contributed by atoms with Crippen molar-refractivity contribution in [1.82, 2.24) is 19.5 Å². The fourth-order valence-electron chi connectivity index (χ4n) is 8.16. The number of benzene rings is 5. The van der Waals surface area contributed by atoms with Crippen molar-refractivity contribution >= 4 is 71.1 Å². The van der Waals surface area contributed by atoms with Gasteiger partial charge in [-0.05, 0) is 81.2 Å². The van der Waals surface area contributed by atoms with Crippen LogP contribution in [0.5, 0.6) is 0 Å². The molecule has 234 valence electrons. The second kappa shape index (κ2) is 10.4. The summed E-state index contributed by atoms with van der Waals surface area (Å²) in [5.74, 6) is 2.00. The van der Waals surface area contributed by atoms with Crippen LogP contribution in [0.25, 0.3) is 93.4 Å². The molecule has 6 heteroatoms. The fourth-order valence-corrected chi connectivity index (χ4v) is 8.16. The maximum absolute atomic E-state index is 5.22. The molecule has 5 aromatic carbocycles. The summed E-state index contributed by atoms with van der Waals surface area (Å²) in [6.07, 6.45) is 6.00. The second-order valence-corrected chi connectivity index (χ2v) is 13.1. The number of pyridine rings is 4. The molecule has 0 unspecified atom stereocenters. The van der Waals surface area contributed by atoms with Gasteiger partial charge in [-0.2, -0.15) is 0 Å². The Labute approximate surface area is 286 Å². The minimum absolute atomic E-state index is 0.824. The predicted molar refractivity (Wildman–Crippen MR) is 204 cm³/mol. The van der Waals surface area contributed by atoms with Crippen molar-refractivity contribution in [3.05, 3.63) is 146 Å². The van der Waals surface area contributed by atoms with Gasteiger partial charge in [-0.1, -0.05) is 72.8 Å². The molecule has 1 aliphatic heterocycles. The minimum Gasteiger partial charge on any atom is -0.278 e. The highest BCUT2D eigenvalue weighted by molar-refractivity contribution is 6.22. The summed E-state index contributed by atoms with van der Waals surface area (Å²) in [7, 11) is 0. The second-order valence-electron chi connectivity index (χ2n) is 13.1. The minimum atomic E-state index is 0.824. The lowest BCUT2D eigenvalue weighted by Gasteiger charge is -2.17. The number of anilines is 1. The molecular weight excluding hydrogens is 613 g/mol. The van der Waals surface area contributed by atoms with Gasteiger partial charge >= 0.3 is 0 Å². The lowest BCUT2D eigenvalue weighted by atomic mass is 9.86. The van der Waals surface area contributed by atoms with Gasteiger partial charge < -0.3 is 0 Å². The molecule has 0 saturated heterocycles. The van der Waals surface area contributed by atoms with Crippen LogP contribution in [0.2, 0.25) is 0 Å². The molecule has 5 aromatic heterocycles. The van der Waals surface area contributed by atoms with Crippen LogP contribution in [-0.2, 0) is 6.54 Å². The standard InChI is InChI=1S/C44H28N6/c1-3-10-33-31(8-1)40(32-9-2-4-11-34(32)41(33)30-17-19-38-45-23-24-49(38)26-30)29-15-18-37-36(25-29)35-12-6-22-47-44(35)50(37)39-20-16-28-14-13-27-7-5-21-46-42(27)43(28)48-39/h1-22,25-26H,23-24H2/p+1. The van der Waals surface area contributed by atoms with E-state index in [1.54, 1.807) is 0 Å². The average Bonchev–Trinajstić information content (AvgIpc) is 3.78. The van der Waals surface area contributed by atoms with Crippen molar-refractivity contribution in [3.63, 3.8) is 0 Å². The van der Waals surface area contributed by atoms with E-state index in [2.05, 4.69) is 136 Å². The largest absolute Gasteiger partial charge is 0.278 e. The third kappa shape index (κ3) is 3.90. The predicted octanol–water partition coefficient (Wildman–Crippen LogP) is 9.63. The van der Waals surface area contributed by atoms with Gasteiger partial charge in [0.1, 0.15) is 24.6 Å². The molecule has 1 aliphatic rings. The molecule has 0 fully saturated rings. The highest BCUT2D eigenvalue weighted by atomic mass is 15.2. The maximum atomic E-state index is 5.22. The molecule has 11 rings (SSSR count). The highest BCUT2D eigenvalue weighted by Crippen LogP contribution is 2.45. The van der Waals surface area contributed by atoms with E-state index in [0.29, 0.717) is 0 Å². The number of aromatic nitrogens is 5. The van der Waals surface area contributed by atoms with Crippen LogP contribution < -0.4 is 9.88 Å². The first-order valence-corrected chi connectivity index (χ1v) is 17.1. The summed E-state index contributed by atoms with van der Waals surface area (Å²) in [6.45, 7) is 1.94. The van der Waals surface area contributed by atoms with Gasteiger partial charge in [-0.25, -0.2) is 14.5 Å².